The SMILES string of the molecule is COc1ccc(C[C@H]2COC(=O)N2)cc1C. The standard InChI is InChI=1S/C12H15NO3/c1-8-5-9(3-4-11(8)15-2)6-10-7-16-12(14)13-10/h3-5,10H,6-7H2,1-2H3,(H,13,14)/t10-/m0/s1. The maximum Gasteiger partial charge on any atom is 0.407 e. The molecule has 2 rings (SSSR count). The van der Waals surface area contributed by atoms with E-state index < -0.39 is 0 Å². The van der Waals surface area contributed by atoms with E-state index in [1.165, 1.54) is 5.56 Å². The molecule has 0 aliphatic carbocycles. The van der Waals surface area contributed by atoms with E-state index >= 15 is 0 Å². The van der Waals surface area contributed by atoms with Crippen LogP contribution in [0.15, 0.2) is 18.2 Å². The van der Waals surface area contributed by atoms with Gasteiger partial charge in [0.15, 0.2) is 0 Å². The minimum Gasteiger partial charge on any atom is -0.496 e. The molecular formula is C12H15NO3. The number of hydrogen-bond donors (Lipinski definition) is 1. The van der Waals surface area contributed by atoms with Crippen molar-refractivity contribution in [2.45, 2.75) is 19.4 Å². The predicted molar refractivity (Wildman–Crippen MR) is 59.7 cm³/mol. The molecule has 4 nitrogen and oxygen atoms in total. The van der Waals surface area contributed by atoms with Gasteiger partial charge in [-0.25, -0.2) is 4.79 Å². The molecule has 4 heteroatoms. The number of cyclic esters (lactones) is 1. The lowest BCUT2D eigenvalue weighted by Crippen LogP contribution is -2.28. The zero-order valence-electron chi connectivity index (χ0n) is 9.45. The van der Waals surface area contributed by atoms with Gasteiger partial charge in [0.2, 0.25) is 0 Å². The van der Waals surface area contributed by atoms with E-state index in [0.717, 1.165) is 17.7 Å². The molecule has 0 aromatic heterocycles. The summed E-state index contributed by atoms with van der Waals surface area (Å²) in [5.74, 6) is 0.885. The minimum absolute atomic E-state index is 0.0836. The van der Waals surface area contributed by atoms with Gasteiger partial charge in [0.05, 0.1) is 13.2 Å². The molecule has 1 aromatic carbocycles. The van der Waals surface area contributed by atoms with Crippen molar-refractivity contribution < 1.29 is 14.3 Å². The highest BCUT2D eigenvalue weighted by Crippen LogP contribution is 2.19. The molecule has 1 N–H and O–H groups in total. The summed E-state index contributed by atoms with van der Waals surface area (Å²) in [5.41, 5.74) is 2.28. The van der Waals surface area contributed by atoms with Gasteiger partial charge in [-0.2, -0.15) is 0 Å². The summed E-state index contributed by atoms with van der Waals surface area (Å²) in [6, 6.07) is 6.11. The van der Waals surface area contributed by atoms with Crippen LogP contribution in [-0.4, -0.2) is 25.9 Å². The number of benzene rings is 1. The topological polar surface area (TPSA) is 47.6 Å². The molecule has 0 bridgehead atoms. The number of amides is 1. The van der Waals surface area contributed by atoms with E-state index in [9.17, 15) is 4.79 Å². The number of hydrogen-bond acceptors (Lipinski definition) is 3. The minimum atomic E-state index is -0.324. The Morgan fingerprint density at radius 2 is 2.38 bits per heavy atom. The Morgan fingerprint density at radius 3 is 2.94 bits per heavy atom. The Morgan fingerprint density at radius 1 is 1.56 bits per heavy atom. The van der Waals surface area contributed by atoms with Gasteiger partial charge in [-0.15, -0.1) is 0 Å². The van der Waals surface area contributed by atoms with Gasteiger partial charge in [0.1, 0.15) is 12.4 Å². The molecule has 16 heavy (non-hydrogen) atoms. The summed E-state index contributed by atoms with van der Waals surface area (Å²) >= 11 is 0. The number of carbonyl (C=O) groups is 1. The third-order valence-electron chi connectivity index (χ3n) is 2.68. The fraction of sp³-hybridized carbons (Fsp3) is 0.417. The van der Waals surface area contributed by atoms with Crippen LogP contribution in [0.3, 0.4) is 0 Å². The van der Waals surface area contributed by atoms with Crippen LogP contribution in [-0.2, 0) is 11.2 Å². The van der Waals surface area contributed by atoms with E-state index in [4.69, 9.17) is 9.47 Å². The summed E-state index contributed by atoms with van der Waals surface area (Å²) in [7, 11) is 1.66. The summed E-state index contributed by atoms with van der Waals surface area (Å²) < 4.78 is 10.0. The number of ether oxygens (including phenoxy) is 2. The second-order valence-corrected chi connectivity index (χ2v) is 3.95. The van der Waals surface area contributed by atoms with Crippen LogP contribution < -0.4 is 10.1 Å². The lowest BCUT2D eigenvalue weighted by atomic mass is 10.0. The molecule has 0 unspecified atom stereocenters. The average Bonchev–Trinajstić information content (AvgIpc) is 2.64. The van der Waals surface area contributed by atoms with Crippen LogP contribution in [0.1, 0.15) is 11.1 Å². The Balaban J connectivity index is 2.04. The number of nitrogens with one attached hydrogen (secondary N) is 1. The maximum absolute atomic E-state index is 10.9. The second-order valence-electron chi connectivity index (χ2n) is 3.95. The highest BCUT2D eigenvalue weighted by atomic mass is 16.6. The fourth-order valence-electron chi connectivity index (χ4n) is 1.89. The second kappa shape index (κ2) is 4.43. The first-order valence-corrected chi connectivity index (χ1v) is 5.26. The van der Waals surface area contributed by atoms with E-state index in [0.29, 0.717) is 6.61 Å². The predicted octanol–water partition coefficient (Wildman–Crippen LogP) is 1.65. The first-order chi connectivity index (χ1) is 7.69. The van der Waals surface area contributed by atoms with E-state index in [2.05, 4.69) is 11.4 Å². The van der Waals surface area contributed by atoms with E-state index in [-0.39, 0.29) is 12.1 Å². The van der Waals surface area contributed by atoms with E-state index in [1.54, 1.807) is 7.11 Å². The van der Waals surface area contributed by atoms with Crippen LogP contribution in [0.5, 0.6) is 5.75 Å². The summed E-state index contributed by atoms with van der Waals surface area (Å²) in [5, 5.41) is 2.76. The molecule has 0 radical (unpaired) electrons. The van der Waals surface area contributed by atoms with E-state index in [1.807, 2.05) is 19.1 Å². The lowest BCUT2D eigenvalue weighted by molar-refractivity contribution is 0.177. The van der Waals surface area contributed by atoms with Gasteiger partial charge in [-0.3, -0.25) is 0 Å². The quantitative estimate of drug-likeness (QED) is 0.844. The van der Waals surface area contributed by atoms with Gasteiger partial charge in [-0.05, 0) is 30.5 Å². The highest BCUT2D eigenvalue weighted by Gasteiger charge is 2.22. The first kappa shape index (κ1) is 10.8. The molecule has 1 saturated heterocycles. The molecule has 1 fully saturated rings. The Hall–Kier alpha value is -1.71. The number of carbonyl (C=O) groups excluding carboxylic acids is 1. The van der Waals surface area contributed by atoms with Crippen molar-refractivity contribution in [3.8, 4) is 5.75 Å². The largest absolute Gasteiger partial charge is 0.496 e. The molecule has 1 atom stereocenters. The van der Waals surface area contributed by atoms with Crippen molar-refractivity contribution in [2.75, 3.05) is 13.7 Å². The molecular weight excluding hydrogens is 206 g/mol. The highest BCUT2D eigenvalue weighted by molar-refractivity contribution is 5.69. The first-order valence-electron chi connectivity index (χ1n) is 5.26. The molecule has 1 aliphatic heterocycles. The van der Waals surface area contributed by atoms with Gasteiger partial charge in [0, 0.05) is 0 Å². The van der Waals surface area contributed by atoms with Crippen molar-refractivity contribution in [1.29, 1.82) is 0 Å². The van der Waals surface area contributed by atoms with Crippen LogP contribution >= 0.6 is 0 Å². The molecule has 1 aromatic rings. The fourth-order valence-corrected chi connectivity index (χ4v) is 1.89. The molecule has 0 saturated carbocycles. The van der Waals surface area contributed by atoms with Crippen molar-refractivity contribution in [3.05, 3.63) is 29.3 Å². The smallest absolute Gasteiger partial charge is 0.407 e. The zero-order valence-corrected chi connectivity index (χ0v) is 9.45. The van der Waals surface area contributed by atoms with Crippen molar-refractivity contribution >= 4 is 6.09 Å². The molecule has 1 aliphatic rings. The van der Waals surface area contributed by atoms with Crippen LogP contribution in [0.2, 0.25) is 0 Å². The lowest BCUT2D eigenvalue weighted by Gasteiger charge is -2.10. The zero-order chi connectivity index (χ0) is 11.5. The van der Waals surface area contributed by atoms with Crippen LogP contribution in [0.4, 0.5) is 4.79 Å². The normalized spacial score (nSPS) is 19.1. The van der Waals surface area contributed by atoms with Gasteiger partial charge < -0.3 is 14.8 Å². The number of methoxy groups -OCH3 is 1. The molecule has 0 spiro atoms. The molecule has 1 heterocycles. The van der Waals surface area contributed by atoms with Crippen molar-refractivity contribution in [2.24, 2.45) is 0 Å². The number of rotatable bonds is 3. The van der Waals surface area contributed by atoms with Crippen molar-refractivity contribution in [1.82, 2.24) is 5.32 Å². The average molecular weight is 221 g/mol. The van der Waals surface area contributed by atoms with Gasteiger partial charge in [0.25, 0.3) is 0 Å². The van der Waals surface area contributed by atoms with Gasteiger partial charge in [-0.1, -0.05) is 12.1 Å². The summed E-state index contributed by atoms with van der Waals surface area (Å²) in [4.78, 5) is 10.9. The molecule has 86 valence electrons. The van der Waals surface area contributed by atoms with Crippen molar-refractivity contribution in [3.63, 3.8) is 0 Å². The number of aryl methyl sites for hydroxylation is 1. The number of alkyl carbamates (subject to hydrolysis) is 1. The third-order valence-corrected chi connectivity index (χ3v) is 2.68. The molecule has 1 amide bonds. The summed E-state index contributed by atoms with van der Waals surface area (Å²) in [6.07, 6.45) is 0.464. The Bertz CT molecular complexity index is 403. The Kier molecular flexibility index (Phi) is 2.99. The van der Waals surface area contributed by atoms with Gasteiger partial charge >= 0.3 is 6.09 Å². The monoisotopic (exact) mass is 221 g/mol. The van der Waals surface area contributed by atoms with Crippen LogP contribution in [0.25, 0.3) is 0 Å². The summed E-state index contributed by atoms with van der Waals surface area (Å²) in [6.45, 7) is 2.45. The van der Waals surface area contributed by atoms with Crippen LogP contribution in [0, 0.1) is 6.92 Å². The third kappa shape index (κ3) is 2.27. The maximum atomic E-state index is 10.9. The Labute approximate surface area is 94.6 Å².